The number of hydrogen-bond acceptors (Lipinski definition) is 6. The minimum atomic E-state index is -3.72. The highest BCUT2D eigenvalue weighted by Gasteiger charge is 2.26. The van der Waals surface area contributed by atoms with Gasteiger partial charge < -0.3 is 10.1 Å². The van der Waals surface area contributed by atoms with Gasteiger partial charge in [0.15, 0.2) is 6.61 Å². The van der Waals surface area contributed by atoms with Crippen molar-refractivity contribution < 1.29 is 27.5 Å². The molecule has 3 amide bonds. The number of sulfonamides is 1. The Kier molecular flexibility index (Phi) is 8.56. The summed E-state index contributed by atoms with van der Waals surface area (Å²) in [6.45, 7) is 0.450. The summed E-state index contributed by atoms with van der Waals surface area (Å²) >= 11 is 0. The lowest BCUT2D eigenvalue weighted by Gasteiger charge is -2.20. The molecule has 0 aromatic heterocycles. The van der Waals surface area contributed by atoms with Gasteiger partial charge >= 0.3 is 12.0 Å². The van der Waals surface area contributed by atoms with Crippen LogP contribution in [0, 0.1) is 0 Å². The van der Waals surface area contributed by atoms with Crippen LogP contribution in [0.2, 0.25) is 0 Å². The van der Waals surface area contributed by atoms with Gasteiger partial charge in [0.1, 0.15) is 0 Å². The Labute approximate surface area is 193 Å². The van der Waals surface area contributed by atoms with Gasteiger partial charge in [0.2, 0.25) is 10.0 Å². The minimum Gasteiger partial charge on any atom is -0.452 e. The van der Waals surface area contributed by atoms with Gasteiger partial charge in [-0.1, -0.05) is 49.2 Å². The molecule has 1 aliphatic rings. The number of nitrogens with zero attached hydrogens (tertiary/aromatic N) is 1. The largest absolute Gasteiger partial charge is 0.452 e. The smallest absolute Gasteiger partial charge is 0.338 e. The molecule has 0 saturated carbocycles. The van der Waals surface area contributed by atoms with Gasteiger partial charge in [-0.25, -0.2) is 18.0 Å². The normalized spacial score (nSPS) is 14.7. The zero-order valence-electron chi connectivity index (χ0n) is 18.2. The molecule has 2 N–H and O–H groups in total. The Balaban J connectivity index is 1.51. The van der Waals surface area contributed by atoms with E-state index >= 15 is 0 Å². The number of nitrogens with one attached hydrogen (secondary N) is 2. The highest BCUT2D eigenvalue weighted by atomic mass is 32.2. The van der Waals surface area contributed by atoms with Crippen molar-refractivity contribution in [3.8, 4) is 0 Å². The van der Waals surface area contributed by atoms with E-state index in [2.05, 4.69) is 10.6 Å². The van der Waals surface area contributed by atoms with Gasteiger partial charge in [0.05, 0.1) is 10.5 Å². The van der Waals surface area contributed by atoms with Gasteiger partial charge in [0.25, 0.3) is 5.91 Å². The van der Waals surface area contributed by atoms with Crippen molar-refractivity contribution in [1.82, 2.24) is 14.9 Å². The summed E-state index contributed by atoms with van der Waals surface area (Å²) in [6.07, 6.45) is 3.58. The molecule has 9 nitrogen and oxygen atoms in total. The van der Waals surface area contributed by atoms with Crippen LogP contribution in [0.4, 0.5) is 4.79 Å². The Hall–Kier alpha value is -3.24. The second kappa shape index (κ2) is 11.6. The van der Waals surface area contributed by atoms with Gasteiger partial charge in [0, 0.05) is 19.6 Å². The maximum atomic E-state index is 12.9. The fourth-order valence-electron chi connectivity index (χ4n) is 3.41. The number of rotatable bonds is 7. The third-order valence-electron chi connectivity index (χ3n) is 5.16. The van der Waals surface area contributed by atoms with Crippen LogP contribution < -0.4 is 10.6 Å². The lowest BCUT2D eigenvalue weighted by Crippen LogP contribution is -2.41. The molecule has 0 spiro atoms. The number of urea groups is 1. The zero-order valence-corrected chi connectivity index (χ0v) is 19.0. The lowest BCUT2D eigenvalue weighted by molar-refractivity contribution is -0.123. The van der Waals surface area contributed by atoms with Crippen LogP contribution in [0.15, 0.2) is 59.5 Å². The molecule has 1 fully saturated rings. The van der Waals surface area contributed by atoms with Crippen molar-refractivity contribution in [2.75, 3.05) is 19.7 Å². The molecular weight excluding hydrogens is 446 g/mol. The fourth-order valence-corrected chi connectivity index (χ4v) is 4.98. The first kappa shape index (κ1) is 24.4. The molecule has 0 unspecified atom stereocenters. The van der Waals surface area contributed by atoms with E-state index in [0.29, 0.717) is 13.1 Å². The molecule has 0 radical (unpaired) electrons. The van der Waals surface area contributed by atoms with Crippen molar-refractivity contribution in [1.29, 1.82) is 0 Å². The highest BCUT2D eigenvalue weighted by Crippen LogP contribution is 2.21. The number of esters is 1. The molecule has 1 aliphatic heterocycles. The molecule has 2 aromatic carbocycles. The van der Waals surface area contributed by atoms with E-state index in [-0.39, 0.29) is 17.0 Å². The minimum absolute atomic E-state index is 0.00333. The van der Waals surface area contributed by atoms with Gasteiger partial charge in [-0.3, -0.25) is 10.1 Å². The van der Waals surface area contributed by atoms with Crippen LogP contribution in [-0.2, 0) is 26.1 Å². The monoisotopic (exact) mass is 473 g/mol. The Morgan fingerprint density at radius 3 is 2.30 bits per heavy atom. The Bertz CT molecular complexity index is 1080. The predicted octanol–water partition coefficient (Wildman–Crippen LogP) is 2.43. The maximum absolute atomic E-state index is 12.9. The average Bonchev–Trinajstić information content (AvgIpc) is 3.12. The molecule has 0 aliphatic carbocycles. The number of hydrogen-bond donors (Lipinski definition) is 2. The third kappa shape index (κ3) is 7.13. The first-order valence-corrected chi connectivity index (χ1v) is 12.2. The van der Waals surface area contributed by atoms with Crippen molar-refractivity contribution in [3.63, 3.8) is 0 Å². The predicted molar refractivity (Wildman–Crippen MR) is 121 cm³/mol. The van der Waals surface area contributed by atoms with E-state index in [0.717, 1.165) is 31.2 Å². The molecule has 0 bridgehead atoms. The van der Waals surface area contributed by atoms with E-state index in [1.807, 2.05) is 30.3 Å². The van der Waals surface area contributed by atoms with Crippen LogP contribution in [0.1, 0.15) is 41.6 Å². The van der Waals surface area contributed by atoms with Crippen LogP contribution in [-0.4, -0.2) is 50.3 Å². The number of carbonyl (C=O) groups excluding carboxylic acids is 3. The van der Waals surface area contributed by atoms with Crippen molar-refractivity contribution in [2.45, 2.75) is 37.1 Å². The number of carbonyl (C=O) groups is 3. The van der Waals surface area contributed by atoms with Crippen LogP contribution in [0.5, 0.6) is 0 Å². The summed E-state index contributed by atoms with van der Waals surface area (Å²) in [6, 6.07) is 14.0. The third-order valence-corrected chi connectivity index (χ3v) is 7.05. The molecular formula is C23H27N3O6S. The second-order valence-corrected chi connectivity index (χ2v) is 9.58. The number of ether oxygens (including phenoxy) is 1. The maximum Gasteiger partial charge on any atom is 0.338 e. The molecule has 1 saturated heterocycles. The molecule has 176 valence electrons. The van der Waals surface area contributed by atoms with Crippen LogP contribution in [0.3, 0.4) is 0 Å². The fraction of sp³-hybridized carbons (Fsp3) is 0.348. The molecule has 3 rings (SSSR count). The van der Waals surface area contributed by atoms with Crippen LogP contribution in [0.25, 0.3) is 0 Å². The average molecular weight is 474 g/mol. The molecule has 10 heteroatoms. The first-order chi connectivity index (χ1) is 15.9. The van der Waals surface area contributed by atoms with E-state index in [9.17, 15) is 22.8 Å². The van der Waals surface area contributed by atoms with Crippen molar-refractivity contribution >= 4 is 27.9 Å². The summed E-state index contributed by atoms with van der Waals surface area (Å²) < 4.78 is 32.2. The summed E-state index contributed by atoms with van der Waals surface area (Å²) in [4.78, 5) is 36.1. The van der Waals surface area contributed by atoms with Gasteiger partial charge in [-0.05, 0) is 36.6 Å². The summed E-state index contributed by atoms with van der Waals surface area (Å²) in [5.41, 5.74) is 0.869. The number of amides is 3. The van der Waals surface area contributed by atoms with E-state index < -0.39 is 34.5 Å². The summed E-state index contributed by atoms with van der Waals surface area (Å²) in [7, 11) is -3.72. The molecule has 33 heavy (non-hydrogen) atoms. The van der Waals surface area contributed by atoms with Crippen molar-refractivity contribution in [2.24, 2.45) is 0 Å². The standard InChI is InChI=1S/C23H27N3O6S/c27-21(25-23(29)24-16-18-9-4-3-5-10-18)17-32-22(28)19-11-8-12-20(15-19)33(30,31)26-13-6-1-2-7-14-26/h3-5,8-12,15H,1-2,6-7,13-14,16-17H2,(H2,24,25,27,29). The molecule has 0 atom stereocenters. The summed E-state index contributed by atoms with van der Waals surface area (Å²) in [5, 5.41) is 4.60. The highest BCUT2D eigenvalue weighted by molar-refractivity contribution is 7.89. The van der Waals surface area contributed by atoms with E-state index in [1.54, 1.807) is 0 Å². The lowest BCUT2D eigenvalue weighted by atomic mass is 10.2. The summed E-state index contributed by atoms with van der Waals surface area (Å²) in [5.74, 6) is -1.66. The van der Waals surface area contributed by atoms with Gasteiger partial charge in [-0.2, -0.15) is 4.31 Å². The van der Waals surface area contributed by atoms with Gasteiger partial charge in [-0.15, -0.1) is 0 Å². The van der Waals surface area contributed by atoms with Crippen molar-refractivity contribution in [3.05, 3.63) is 65.7 Å². The Morgan fingerprint density at radius 1 is 0.909 bits per heavy atom. The second-order valence-electron chi connectivity index (χ2n) is 7.64. The number of imide groups is 1. The SMILES string of the molecule is O=C(COC(=O)c1cccc(S(=O)(=O)N2CCCCCC2)c1)NC(=O)NCc1ccccc1. The Morgan fingerprint density at radius 2 is 1.61 bits per heavy atom. The topological polar surface area (TPSA) is 122 Å². The zero-order chi connectivity index (χ0) is 23.7. The molecule has 1 heterocycles. The van der Waals surface area contributed by atoms with E-state index in [4.69, 9.17) is 4.74 Å². The number of benzene rings is 2. The van der Waals surface area contributed by atoms with E-state index in [1.165, 1.54) is 28.6 Å². The van der Waals surface area contributed by atoms with Crippen LogP contribution >= 0.6 is 0 Å². The first-order valence-electron chi connectivity index (χ1n) is 10.8. The molecule has 2 aromatic rings. The quantitative estimate of drug-likeness (QED) is 0.596.